The van der Waals surface area contributed by atoms with Crippen molar-refractivity contribution in [1.29, 1.82) is 0 Å². The van der Waals surface area contributed by atoms with Gasteiger partial charge in [-0.05, 0) is 49.1 Å². The van der Waals surface area contributed by atoms with Crippen molar-refractivity contribution in [3.05, 3.63) is 54.2 Å². The number of aromatic nitrogens is 1. The Morgan fingerprint density at radius 3 is 2.59 bits per heavy atom. The van der Waals surface area contributed by atoms with Gasteiger partial charge < -0.3 is 15.5 Å². The van der Waals surface area contributed by atoms with Gasteiger partial charge in [0.2, 0.25) is 0 Å². The molecule has 144 valence electrons. The molecule has 1 aromatic heterocycles. The lowest BCUT2D eigenvalue weighted by Gasteiger charge is -2.32. The van der Waals surface area contributed by atoms with Crippen LogP contribution in [0.3, 0.4) is 0 Å². The van der Waals surface area contributed by atoms with Gasteiger partial charge in [-0.25, -0.2) is 9.78 Å². The first-order valence-corrected chi connectivity index (χ1v) is 8.80. The van der Waals surface area contributed by atoms with Crippen LogP contribution in [0, 0.1) is 5.92 Å². The van der Waals surface area contributed by atoms with E-state index in [1.54, 1.807) is 6.20 Å². The zero-order valence-corrected chi connectivity index (χ0v) is 14.7. The highest BCUT2D eigenvalue weighted by Gasteiger charge is 2.30. The molecule has 1 aliphatic heterocycles. The number of halogens is 3. The number of anilines is 2. The molecule has 0 spiro atoms. The monoisotopic (exact) mass is 378 g/mol. The highest BCUT2D eigenvalue weighted by atomic mass is 19.4. The summed E-state index contributed by atoms with van der Waals surface area (Å²) in [5, 5.41) is 5.21. The molecule has 1 fully saturated rings. The molecule has 1 aliphatic rings. The number of benzene rings is 1. The van der Waals surface area contributed by atoms with Gasteiger partial charge in [0.25, 0.3) is 0 Å². The number of pyridine rings is 1. The van der Waals surface area contributed by atoms with Gasteiger partial charge in [0.05, 0.1) is 5.56 Å². The average Bonchev–Trinajstić information content (AvgIpc) is 2.67. The number of carbonyl (C=O) groups is 1. The first kappa shape index (κ1) is 19.0. The fourth-order valence-electron chi connectivity index (χ4n) is 3.09. The summed E-state index contributed by atoms with van der Waals surface area (Å²) in [6, 6.07) is 9.90. The van der Waals surface area contributed by atoms with E-state index < -0.39 is 17.8 Å². The van der Waals surface area contributed by atoms with Gasteiger partial charge in [-0.1, -0.05) is 12.1 Å². The molecule has 0 aliphatic carbocycles. The summed E-state index contributed by atoms with van der Waals surface area (Å²) in [6.45, 7) is 2.21. The van der Waals surface area contributed by atoms with E-state index in [0.717, 1.165) is 43.9 Å². The molecule has 2 N–H and O–H groups in total. The van der Waals surface area contributed by atoms with Crippen molar-refractivity contribution in [2.45, 2.75) is 19.0 Å². The minimum Gasteiger partial charge on any atom is -0.357 e. The van der Waals surface area contributed by atoms with Gasteiger partial charge in [0.1, 0.15) is 5.82 Å². The molecule has 0 bridgehead atoms. The smallest absolute Gasteiger partial charge is 0.357 e. The Morgan fingerprint density at radius 2 is 1.93 bits per heavy atom. The number of alkyl halides is 3. The Hall–Kier alpha value is -2.77. The molecule has 2 amide bonds. The maximum absolute atomic E-state index is 12.7. The zero-order valence-electron chi connectivity index (χ0n) is 14.7. The molecular weight excluding hydrogens is 357 g/mol. The third kappa shape index (κ3) is 5.35. The van der Waals surface area contributed by atoms with Crippen LogP contribution in [0.15, 0.2) is 48.7 Å². The van der Waals surface area contributed by atoms with Gasteiger partial charge in [-0.3, -0.25) is 0 Å². The predicted molar refractivity (Wildman–Crippen MR) is 97.6 cm³/mol. The third-order valence-corrected chi connectivity index (χ3v) is 4.59. The molecular formula is C19H21F3N4O. The Morgan fingerprint density at radius 1 is 1.15 bits per heavy atom. The SMILES string of the molecule is O=C(NCC1CCN(c2ccccn2)CC1)Nc1cccc(C(F)(F)F)c1. The van der Waals surface area contributed by atoms with E-state index in [4.69, 9.17) is 0 Å². The number of piperidine rings is 1. The molecule has 1 aromatic carbocycles. The lowest BCUT2D eigenvalue weighted by atomic mass is 9.97. The van der Waals surface area contributed by atoms with E-state index in [2.05, 4.69) is 20.5 Å². The molecule has 5 nitrogen and oxygen atoms in total. The van der Waals surface area contributed by atoms with E-state index in [1.807, 2.05) is 18.2 Å². The molecule has 8 heteroatoms. The van der Waals surface area contributed by atoms with Crippen molar-refractivity contribution in [2.24, 2.45) is 5.92 Å². The minimum atomic E-state index is -4.43. The molecule has 2 aromatic rings. The highest BCUT2D eigenvalue weighted by Crippen LogP contribution is 2.30. The van der Waals surface area contributed by atoms with Gasteiger partial charge in [-0.15, -0.1) is 0 Å². The first-order valence-electron chi connectivity index (χ1n) is 8.80. The molecule has 2 heterocycles. The van der Waals surface area contributed by atoms with Crippen LogP contribution in [0.25, 0.3) is 0 Å². The van der Waals surface area contributed by atoms with Crippen molar-refractivity contribution in [3.63, 3.8) is 0 Å². The fraction of sp³-hybridized carbons (Fsp3) is 0.368. The van der Waals surface area contributed by atoms with Crippen molar-refractivity contribution in [3.8, 4) is 0 Å². The summed E-state index contributed by atoms with van der Waals surface area (Å²) in [5.41, 5.74) is -0.672. The predicted octanol–water partition coefficient (Wildman–Crippen LogP) is 4.14. The lowest BCUT2D eigenvalue weighted by molar-refractivity contribution is -0.137. The van der Waals surface area contributed by atoms with Crippen molar-refractivity contribution in [2.75, 3.05) is 29.9 Å². The summed E-state index contributed by atoms with van der Waals surface area (Å²) < 4.78 is 38.1. The average molecular weight is 378 g/mol. The van der Waals surface area contributed by atoms with Crippen molar-refractivity contribution in [1.82, 2.24) is 10.3 Å². The van der Waals surface area contributed by atoms with Gasteiger partial charge in [0, 0.05) is 31.5 Å². The van der Waals surface area contributed by atoms with Crippen LogP contribution in [0.4, 0.5) is 29.5 Å². The summed E-state index contributed by atoms with van der Waals surface area (Å²) in [4.78, 5) is 18.5. The topological polar surface area (TPSA) is 57.3 Å². The van der Waals surface area contributed by atoms with Gasteiger partial charge in [-0.2, -0.15) is 13.2 Å². The number of carbonyl (C=O) groups excluding carboxylic acids is 1. The number of hydrogen-bond donors (Lipinski definition) is 2. The number of rotatable bonds is 4. The van der Waals surface area contributed by atoms with Crippen LogP contribution < -0.4 is 15.5 Å². The van der Waals surface area contributed by atoms with Crippen LogP contribution in [-0.4, -0.2) is 30.6 Å². The number of hydrogen-bond acceptors (Lipinski definition) is 3. The Kier molecular flexibility index (Phi) is 5.83. The maximum Gasteiger partial charge on any atom is 0.416 e. The first-order chi connectivity index (χ1) is 12.9. The van der Waals surface area contributed by atoms with Crippen LogP contribution in [-0.2, 0) is 6.18 Å². The third-order valence-electron chi connectivity index (χ3n) is 4.59. The van der Waals surface area contributed by atoms with E-state index in [9.17, 15) is 18.0 Å². The quantitative estimate of drug-likeness (QED) is 0.841. The zero-order chi connectivity index (χ0) is 19.3. The van der Waals surface area contributed by atoms with E-state index >= 15 is 0 Å². The number of nitrogens with one attached hydrogen (secondary N) is 2. The Bertz CT molecular complexity index is 759. The maximum atomic E-state index is 12.7. The summed E-state index contributed by atoms with van der Waals surface area (Å²) in [7, 11) is 0. The van der Waals surface area contributed by atoms with Crippen LogP contribution in [0.1, 0.15) is 18.4 Å². The summed E-state index contributed by atoms with van der Waals surface area (Å²) >= 11 is 0. The lowest BCUT2D eigenvalue weighted by Crippen LogP contribution is -2.40. The number of amides is 2. The minimum absolute atomic E-state index is 0.118. The molecule has 0 radical (unpaired) electrons. The van der Waals surface area contributed by atoms with Crippen LogP contribution >= 0.6 is 0 Å². The Labute approximate surface area is 155 Å². The van der Waals surface area contributed by atoms with Crippen LogP contribution in [0.5, 0.6) is 0 Å². The summed E-state index contributed by atoms with van der Waals surface area (Å²) in [5.74, 6) is 1.28. The van der Waals surface area contributed by atoms with E-state index in [0.29, 0.717) is 12.5 Å². The van der Waals surface area contributed by atoms with E-state index in [-0.39, 0.29) is 5.69 Å². The largest absolute Gasteiger partial charge is 0.416 e. The van der Waals surface area contributed by atoms with Gasteiger partial charge in [0.15, 0.2) is 0 Å². The summed E-state index contributed by atoms with van der Waals surface area (Å²) in [6.07, 6.45) is -0.836. The molecule has 1 saturated heterocycles. The second kappa shape index (κ2) is 8.28. The highest BCUT2D eigenvalue weighted by molar-refractivity contribution is 5.89. The Balaban J connectivity index is 1.44. The van der Waals surface area contributed by atoms with Gasteiger partial charge >= 0.3 is 12.2 Å². The molecule has 0 unspecified atom stereocenters. The second-order valence-corrected chi connectivity index (χ2v) is 6.53. The van der Waals surface area contributed by atoms with Crippen molar-refractivity contribution < 1.29 is 18.0 Å². The second-order valence-electron chi connectivity index (χ2n) is 6.53. The number of urea groups is 1. The molecule has 3 rings (SSSR count). The molecule has 0 saturated carbocycles. The van der Waals surface area contributed by atoms with Crippen molar-refractivity contribution >= 4 is 17.5 Å². The molecule has 27 heavy (non-hydrogen) atoms. The number of nitrogens with zero attached hydrogens (tertiary/aromatic N) is 2. The standard InChI is InChI=1S/C19H21F3N4O/c20-19(21,22)15-4-3-5-16(12-15)25-18(27)24-13-14-7-10-26(11-8-14)17-6-1-2-9-23-17/h1-6,9,12,14H,7-8,10-11,13H2,(H2,24,25,27). The normalized spacial score (nSPS) is 15.4. The van der Waals surface area contributed by atoms with E-state index in [1.165, 1.54) is 12.1 Å². The van der Waals surface area contributed by atoms with Crippen LogP contribution in [0.2, 0.25) is 0 Å². The fourth-order valence-corrected chi connectivity index (χ4v) is 3.09. The molecule has 0 atom stereocenters.